The minimum absolute atomic E-state index is 0.569. The lowest BCUT2D eigenvalue weighted by Crippen LogP contribution is -2.06. The second-order valence-corrected chi connectivity index (χ2v) is 2.60. The van der Waals surface area contributed by atoms with E-state index < -0.39 is 0 Å². The van der Waals surface area contributed by atoms with Gasteiger partial charge in [-0.2, -0.15) is 0 Å². The van der Waals surface area contributed by atoms with Gasteiger partial charge in [0.05, 0.1) is 10.2 Å². The lowest BCUT2D eigenvalue weighted by molar-refractivity contribution is 1.44. The molecule has 0 bridgehead atoms. The Hall–Kier alpha value is -0.273. The van der Waals surface area contributed by atoms with Crippen LogP contribution in [-0.2, 0) is 5.88 Å². The summed E-state index contributed by atoms with van der Waals surface area (Å²) in [6.45, 7) is 0. The number of alkyl halides is 1. The van der Waals surface area contributed by atoms with Crippen LogP contribution >= 0.6 is 11.6 Å². The molecule has 0 amide bonds. The normalized spacial score (nSPS) is 9.56. The van der Waals surface area contributed by atoms with E-state index in [-0.39, 0.29) is 0 Å². The summed E-state index contributed by atoms with van der Waals surface area (Å²) in [5, 5.41) is 1.08. The second-order valence-electron chi connectivity index (χ2n) is 1.79. The van der Waals surface area contributed by atoms with Crippen LogP contribution in [0.15, 0.2) is 24.3 Å². The molecule has 2 heteroatoms. The van der Waals surface area contributed by atoms with E-state index in [1.165, 1.54) is 0 Å². The number of halogens is 1. The van der Waals surface area contributed by atoms with Gasteiger partial charge in [-0.3, -0.25) is 0 Å². The molecule has 0 aliphatic rings. The first kappa shape index (κ1) is 6.84. The SMILES string of the molecule is [Si]c1ccccc1CCl. The van der Waals surface area contributed by atoms with Gasteiger partial charge in [-0.1, -0.05) is 29.5 Å². The molecule has 0 heterocycles. The van der Waals surface area contributed by atoms with Crippen LogP contribution in [0.25, 0.3) is 0 Å². The molecule has 1 aromatic carbocycles. The quantitative estimate of drug-likeness (QED) is 0.421. The fraction of sp³-hybridized carbons (Fsp3) is 0.143. The fourth-order valence-corrected chi connectivity index (χ4v) is 1.25. The predicted octanol–water partition coefficient (Wildman–Crippen LogP) is 1.22. The van der Waals surface area contributed by atoms with Gasteiger partial charge in [-0.05, 0) is 5.56 Å². The Morgan fingerprint density at radius 2 is 2.00 bits per heavy atom. The second kappa shape index (κ2) is 3.04. The van der Waals surface area contributed by atoms with Gasteiger partial charge in [0.1, 0.15) is 0 Å². The third kappa shape index (κ3) is 1.56. The lowest BCUT2D eigenvalue weighted by Gasteiger charge is -1.97. The van der Waals surface area contributed by atoms with Gasteiger partial charge in [-0.25, -0.2) is 0 Å². The van der Waals surface area contributed by atoms with Gasteiger partial charge in [-0.15, -0.1) is 11.6 Å². The average Bonchev–Trinajstić information content (AvgIpc) is 1.89. The summed E-state index contributed by atoms with van der Waals surface area (Å²) < 4.78 is 0. The smallest absolute Gasteiger partial charge is 0.0716 e. The van der Waals surface area contributed by atoms with E-state index in [4.69, 9.17) is 11.6 Å². The molecule has 1 aromatic rings. The van der Waals surface area contributed by atoms with Crippen molar-refractivity contribution in [1.82, 2.24) is 0 Å². The van der Waals surface area contributed by atoms with E-state index in [0.29, 0.717) is 5.88 Å². The van der Waals surface area contributed by atoms with Gasteiger partial charge in [0, 0.05) is 5.88 Å². The maximum absolute atomic E-state index is 5.60. The molecule has 0 spiro atoms. The summed E-state index contributed by atoms with van der Waals surface area (Å²) in [5.41, 5.74) is 1.14. The maximum atomic E-state index is 5.60. The van der Waals surface area contributed by atoms with Gasteiger partial charge < -0.3 is 0 Å². The van der Waals surface area contributed by atoms with Crippen molar-refractivity contribution >= 4 is 27.0 Å². The van der Waals surface area contributed by atoms with Crippen molar-refractivity contribution < 1.29 is 0 Å². The summed E-state index contributed by atoms with van der Waals surface area (Å²) >= 11 is 5.60. The lowest BCUT2D eigenvalue weighted by atomic mass is 10.2. The summed E-state index contributed by atoms with van der Waals surface area (Å²) in [6, 6.07) is 7.92. The van der Waals surface area contributed by atoms with E-state index in [0.717, 1.165) is 10.8 Å². The topological polar surface area (TPSA) is 0 Å². The number of benzene rings is 1. The van der Waals surface area contributed by atoms with E-state index in [1.54, 1.807) is 0 Å². The van der Waals surface area contributed by atoms with Crippen molar-refractivity contribution in [3.8, 4) is 0 Å². The van der Waals surface area contributed by atoms with E-state index >= 15 is 0 Å². The maximum Gasteiger partial charge on any atom is 0.0716 e. The number of hydrogen-bond acceptors (Lipinski definition) is 0. The third-order valence-corrected chi connectivity index (χ3v) is 1.94. The molecule has 3 radical (unpaired) electrons. The van der Waals surface area contributed by atoms with Crippen molar-refractivity contribution in [2.24, 2.45) is 0 Å². The Kier molecular flexibility index (Phi) is 2.31. The van der Waals surface area contributed by atoms with Crippen LogP contribution in [0.5, 0.6) is 0 Å². The van der Waals surface area contributed by atoms with E-state index in [1.807, 2.05) is 24.3 Å². The summed E-state index contributed by atoms with van der Waals surface area (Å²) in [7, 11) is 3.42. The third-order valence-electron chi connectivity index (χ3n) is 1.16. The molecule has 1 rings (SSSR count). The van der Waals surface area contributed by atoms with Crippen molar-refractivity contribution in [3.63, 3.8) is 0 Å². The molecule has 9 heavy (non-hydrogen) atoms. The van der Waals surface area contributed by atoms with E-state index in [9.17, 15) is 0 Å². The largest absolute Gasteiger partial charge is 0.122 e. The zero-order valence-corrected chi connectivity index (χ0v) is 6.65. The Morgan fingerprint density at radius 1 is 1.33 bits per heavy atom. The first-order valence-corrected chi connectivity index (χ1v) is 3.73. The first-order chi connectivity index (χ1) is 4.34. The molecule has 0 aromatic heterocycles. The van der Waals surface area contributed by atoms with Gasteiger partial charge in [0.25, 0.3) is 0 Å². The molecule has 0 saturated carbocycles. The minimum Gasteiger partial charge on any atom is -0.122 e. The molecule has 0 saturated heterocycles. The van der Waals surface area contributed by atoms with Gasteiger partial charge in [0.2, 0.25) is 0 Å². The fourth-order valence-electron chi connectivity index (χ4n) is 0.637. The molecular formula is C7H6ClSi. The van der Waals surface area contributed by atoms with Crippen LogP contribution in [-0.4, -0.2) is 10.2 Å². The van der Waals surface area contributed by atoms with Crippen LogP contribution in [0.1, 0.15) is 5.56 Å². The molecule has 0 aliphatic heterocycles. The predicted molar refractivity (Wildman–Crippen MR) is 41.4 cm³/mol. The Bertz CT molecular complexity index is 198. The highest BCUT2D eigenvalue weighted by Crippen LogP contribution is 1.97. The van der Waals surface area contributed by atoms with Crippen LogP contribution in [0.3, 0.4) is 0 Å². The highest BCUT2D eigenvalue weighted by Gasteiger charge is 1.90. The van der Waals surface area contributed by atoms with Crippen LogP contribution < -0.4 is 5.19 Å². The van der Waals surface area contributed by atoms with Crippen molar-refractivity contribution in [1.29, 1.82) is 0 Å². The molecule has 0 unspecified atom stereocenters. The zero-order valence-electron chi connectivity index (χ0n) is 4.89. The standard InChI is InChI=1S/C7H6ClSi/c8-5-6-3-1-2-4-7(6)9/h1-4H,5H2. The molecule has 0 atom stereocenters. The summed E-state index contributed by atoms with van der Waals surface area (Å²) in [6.07, 6.45) is 0. The molecule has 0 N–H and O–H groups in total. The Morgan fingerprint density at radius 3 is 2.44 bits per heavy atom. The Labute approximate surface area is 63.3 Å². The first-order valence-electron chi connectivity index (χ1n) is 2.70. The Balaban J connectivity index is 3.01. The highest BCUT2D eigenvalue weighted by atomic mass is 35.5. The highest BCUT2D eigenvalue weighted by molar-refractivity contribution is 6.34. The minimum atomic E-state index is 0.569. The summed E-state index contributed by atoms with van der Waals surface area (Å²) in [4.78, 5) is 0. The summed E-state index contributed by atoms with van der Waals surface area (Å²) in [5.74, 6) is 0.569. The number of rotatable bonds is 1. The molecule has 0 aliphatic carbocycles. The molecule has 0 nitrogen and oxygen atoms in total. The molecule has 0 fully saturated rings. The van der Waals surface area contributed by atoms with Crippen LogP contribution in [0.4, 0.5) is 0 Å². The van der Waals surface area contributed by atoms with Crippen LogP contribution in [0, 0.1) is 0 Å². The van der Waals surface area contributed by atoms with Crippen molar-refractivity contribution in [3.05, 3.63) is 29.8 Å². The zero-order chi connectivity index (χ0) is 6.69. The number of hydrogen-bond donors (Lipinski definition) is 0. The molecular weight excluding hydrogens is 148 g/mol. The average molecular weight is 154 g/mol. The van der Waals surface area contributed by atoms with Crippen LogP contribution in [0.2, 0.25) is 0 Å². The van der Waals surface area contributed by atoms with Gasteiger partial charge >= 0.3 is 0 Å². The van der Waals surface area contributed by atoms with Crippen molar-refractivity contribution in [2.75, 3.05) is 0 Å². The van der Waals surface area contributed by atoms with Crippen molar-refractivity contribution in [2.45, 2.75) is 5.88 Å². The monoisotopic (exact) mass is 153 g/mol. The molecule has 45 valence electrons. The van der Waals surface area contributed by atoms with E-state index in [2.05, 4.69) is 10.2 Å². The van der Waals surface area contributed by atoms with Gasteiger partial charge in [0.15, 0.2) is 0 Å².